The number of imide groups is 2. The number of amides is 4. The molecule has 1 saturated carbocycles. The summed E-state index contributed by atoms with van der Waals surface area (Å²) in [6, 6.07) is 17.9. The summed E-state index contributed by atoms with van der Waals surface area (Å²) < 4.78 is 8.31. The third-order valence-corrected chi connectivity index (χ3v) is 13.9. The van der Waals surface area contributed by atoms with Crippen LogP contribution in [0.25, 0.3) is 20.7 Å². The maximum Gasteiger partial charge on any atom is 0.335 e. The maximum atomic E-state index is 15.2. The minimum Gasteiger partial charge on any atom is -0.508 e. The van der Waals surface area contributed by atoms with Gasteiger partial charge in [-0.2, -0.15) is 5.10 Å². The lowest BCUT2D eigenvalue weighted by Gasteiger charge is -2.49. The lowest BCUT2D eigenvalue weighted by molar-refractivity contribution is -0.131. The van der Waals surface area contributed by atoms with E-state index in [9.17, 15) is 29.4 Å². The van der Waals surface area contributed by atoms with E-state index in [1.54, 1.807) is 32.2 Å². The number of aromatic carboxylic acids is 1. The number of nitrogens with zero attached hydrogens (tertiary/aromatic N) is 4. The van der Waals surface area contributed by atoms with E-state index in [-0.39, 0.29) is 35.7 Å². The topological polar surface area (TPSA) is 159 Å². The van der Waals surface area contributed by atoms with Crippen LogP contribution in [0.2, 0.25) is 5.02 Å². The van der Waals surface area contributed by atoms with Crippen LogP contribution in [0.3, 0.4) is 0 Å². The zero-order chi connectivity index (χ0) is 39.5. The summed E-state index contributed by atoms with van der Waals surface area (Å²) in [7, 11) is 3.14. The molecule has 2 aliphatic heterocycles. The van der Waals surface area contributed by atoms with Crippen molar-refractivity contribution in [1.29, 1.82) is 0 Å². The number of phenols is 1. The highest BCUT2D eigenvalue weighted by Crippen LogP contribution is 2.65. The number of carboxylic acids is 1. The molecule has 4 heterocycles. The molecule has 5 aromatic rings. The molecule has 3 fully saturated rings. The van der Waals surface area contributed by atoms with E-state index in [4.69, 9.17) is 21.4 Å². The van der Waals surface area contributed by atoms with E-state index in [1.165, 1.54) is 58.4 Å². The van der Waals surface area contributed by atoms with Gasteiger partial charge in [-0.3, -0.25) is 28.8 Å². The van der Waals surface area contributed by atoms with Crippen molar-refractivity contribution >= 4 is 74.1 Å². The monoisotopic (exact) mass is 790 g/mol. The molecule has 4 amide bonds. The Morgan fingerprint density at radius 3 is 2.50 bits per heavy atom. The average Bonchev–Trinajstić information content (AvgIpc) is 3.85. The molecule has 0 bridgehead atoms. The van der Waals surface area contributed by atoms with Crippen molar-refractivity contribution in [2.75, 3.05) is 16.9 Å². The number of aromatic nitrogens is 2. The molecular formula is C42H35ClN4O8S. The van der Waals surface area contributed by atoms with Gasteiger partial charge >= 0.3 is 5.97 Å². The largest absolute Gasteiger partial charge is 0.508 e. The van der Waals surface area contributed by atoms with Gasteiger partial charge in [-0.25, -0.2) is 9.69 Å². The van der Waals surface area contributed by atoms with Crippen LogP contribution in [0.4, 0.5) is 11.5 Å². The molecule has 12 nitrogen and oxygen atoms in total. The highest BCUT2D eigenvalue weighted by atomic mass is 35.5. The first-order valence-corrected chi connectivity index (χ1v) is 19.3. The molecule has 9 rings (SSSR count). The van der Waals surface area contributed by atoms with E-state index in [2.05, 4.69) is 0 Å². The highest BCUT2D eigenvalue weighted by Gasteiger charge is 2.68. The number of anilines is 2. The lowest BCUT2D eigenvalue weighted by atomic mass is 9.51. The van der Waals surface area contributed by atoms with E-state index >= 15 is 4.79 Å². The first-order chi connectivity index (χ1) is 26.8. The second kappa shape index (κ2) is 12.6. The third-order valence-electron chi connectivity index (χ3n) is 12.4. The van der Waals surface area contributed by atoms with Crippen LogP contribution in [-0.2, 0) is 26.2 Å². The van der Waals surface area contributed by atoms with Crippen molar-refractivity contribution in [1.82, 2.24) is 9.78 Å². The number of allylic oxidation sites excluding steroid dienone is 2. The van der Waals surface area contributed by atoms with Crippen LogP contribution < -0.4 is 14.5 Å². The number of carbonyl (C=O) groups excluding carboxylic acids is 4. The van der Waals surface area contributed by atoms with Crippen molar-refractivity contribution in [3.8, 4) is 22.1 Å². The Labute approximate surface area is 329 Å². The Morgan fingerprint density at radius 2 is 1.75 bits per heavy atom. The van der Waals surface area contributed by atoms with Crippen LogP contribution in [0, 0.1) is 36.0 Å². The number of rotatable bonds is 6. The summed E-state index contributed by atoms with van der Waals surface area (Å²) in [6.07, 6.45) is 2.13. The van der Waals surface area contributed by atoms with Crippen molar-refractivity contribution in [3.05, 3.63) is 100 Å². The molecule has 284 valence electrons. The normalized spacial score (nSPS) is 25.7. The smallest absolute Gasteiger partial charge is 0.335 e. The number of thiophene rings is 1. The minimum atomic E-state index is -1.45. The van der Waals surface area contributed by atoms with Crippen molar-refractivity contribution < 1.29 is 38.9 Å². The second-order valence-electron chi connectivity index (χ2n) is 15.1. The predicted octanol–water partition coefficient (Wildman–Crippen LogP) is 7.11. The molecule has 6 atom stereocenters. The first-order valence-electron chi connectivity index (χ1n) is 18.1. The number of hydrogen-bond donors (Lipinski definition) is 2. The van der Waals surface area contributed by atoms with Gasteiger partial charge in [0.1, 0.15) is 23.0 Å². The second-order valence-corrected chi connectivity index (χ2v) is 16.6. The van der Waals surface area contributed by atoms with Gasteiger partial charge < -0.3 is 14.9 Å². The Balaban J connectivity index is 1.17. The number of carbonyl (C=O) groups is 5. The fourth-order valence-corrected chi connectivity index (χ4v) is 11.1. The molecule has 2 saturated heterocycles. The van der Waals surface area contributed by atoms with Gasteiger partial charge in [0, 0.05) is 34.3 Å². The number of benzene rings is 3. The first kappa shape index (κ1) is 35.9. The summed E-state index contributed by atoms with van der Waals surface area (Å²) in [4.78, 5) is 73.5. The summed E-state index contributed by atoms with van der Waals surface area (Å²) in [6.45, 7) is 3.72. The number of aryl methyl sites for hydroxylation is 2. The molecule has 56 heavy (non-hydrogen) atoms. The quantitative estimate of drug-likeness (QED) is 0.135. The Bertz CT molecular complexity index is 2630. The molecule has 0 unspecified atom stereocenters. The summed E-state index contributed by atoms with van der Waals surface area (Å²) in [5.74, 6) is -6.91. The number of methoxy groups -OCH3 is 1. The molecule has 3 aromatic carbocycles. The number of aromatic hydroxyl groups is 1. The van der Waals surface area contributed by atoms with Crippen LogP contribution in [0.5, 0.6) is 11.5 Å². The number of ether oxygens (including phenoxy) is 1. The number of fused-ring (bicyclic) bond motifs is 5. The molecule has 14 heteroatoms. The Hall–Kier alpha value is -5.79. The van der Waals surface area contributed by atoms with E-state index in [0.717, 1.165) is 25.4 Å². The number of halogens is 1. The average molecular weight is 791 g/mol. The maximum absolute atomic E-state index is 15.2. The Kier molecular flexibility index (Phi) is 8.08. The fraction of sp³-hybridized carbons (Fsp3) is 0.286. The van der Waals surface area contributed by atoms with Gasteiger partial charge in [-0.1, -0.05) is 35.4 Å². The Morgan fingerprint density at radius 1 is 0.982 bits per heavy atom. The molecular weight excluding hydrogens is 756 g/mol. The van der Waals surface area contributed by atoms with Gasteiger partial charge in [0.25, 0.3) is 0 Å². The molecule has 2 aliphatic carbocycles. The summed E-state index contributed by atoms with van der Waals surface area (Å²) in [5, 5.41) is 27.5. The zero-order valence-electron chi connectivity index (χ0n) is 30.6. The lowest BCUT2D eigenvalue weighted by Crippen LogP contribution is -2.49. The molecule has 0 radical (unpaired) electrons. The minimum absolute atomic E-state index is 0.0719. The highest BCUT2D eigenvalue weighted by molar-refractivity contribution is 7.22. The van der Waals surface area contributed by atoms with E-state index in [0.29, 0.717) is 27.6 Å². The van der Waals surface area contributed by atoms with Crippen LogP contribution in [0.1, 0.15) is 47.2 Å². The molecule has 2 aromatic heterocycles. The van der Waals surface area contributed by atoms with Crippen molar-refractivity contribution in [2.24, 2.45) is 36.1 Å². The predicted molar refractivity (Wildman–Crippen MR) is 209 cm³/mol. The van der Waals surface area contributed by atoms with Crippen molar-refractivity contribution in [3.63, 3.8) is 0 Å². The molecule has 0 spiro atoms. The van der Waals surface area contributed by atoms with Crippen LogP contribution in [-0.4, -0.2) is 56.7 Å². The summed E-state index contributed by atoms with van der Waals surface area (Å²) >= 11 is 7.84. The summed E-state index contributed by atoms with van der Waals surface area (Å²) in [5.41, 5.74) is 1.16. The zero-order valence-corrected chi connectivity index (χ0v) is 32.2. The number of hydrogen-bond acceptors (Lipinski definition) is 9. The van der Waals surface area contributed by atoms with Gasteiger partial charge in [0.05, 0.1) is 46.4 Å². The molecule has 4 aliphatic rings. The van der Waals surface area contributed by atoms with Gasteiger partial charge in [-0.05, 0) is 92.1 Å². The van der Waals surface area contributed by atoms with E-state index in [1.807, 2.05) is 31.2 Å². The van der Waals surface area contributed by atoms with Crippen LogP contribution >= 0.6 is 22.9 Å². The van der Waals surface area contributed by atoms with Crippen LogP contribution in [0.15, 0.2) is 78.4 Å². The van der Waals surface area contributed by atoms with Gasteiger partial charge in [0.15, 0.2) is 0 Å². The van der Waals surface area contributed by atoms with E-state index < -0.39 is 64.6 Å². The third kappa shape index (κ3) is 4.89. The number of phenolic OH excluding ortho intramolecular Hbond substituents is 1. The number of carboxylic acid groups (broad SMARTS) is 1. The van der Waals surface area contributed by atoms with Gasteiger partial charge in [-0.15, -0.1) is 11.3 Å². The van der Waals surface area contributed by atoms with Gasteiger partial charge in [0.2, 0.25) is 23.6 Å². The fourth-order valence-electron chi connectivity index (χ4n) is 9.79. The molecule has 2 N–H and O–H groups in total. The van der Waals surface area contributed by atoms with Crippen molar-refractivity contribution in [2.45, 2.75) is 32.6 Å². The standard InChI is InChI=1S/C42H35ClN4O8S/c1-19-25-16-21(43)11-14-31(25)56-36(19)28-18-32(45(3)44-28)47-38(50)27-17-26-23(35(42(27,2)41(47)54)34-29(48)9-6-10-30(34)55-4)12-13-24-33(26)39(51)46(37(24)49)22-8-5-7-20(15-22)40(52)53/h5-12,14-16,18,24,26-27,33,35,48H,13,17H2,1-4H3,(H,52,53)/t24-,26+,27-,33-,35+,42+/m0/s1. The SMILES string of the molecule is COc1cccc(O)c1[C@H]1C2=CC[C@@H]3C(=O)N(c4cccc(C(=O)O)c4)C(=O)[C@@H]3[C@@H]2C[C@H]2C(=O)N(c3cc(-c4sc5ccc(Cl)cc5c4C)nn3C)C(=O)[C@@]12C.